The fraction of sp³-hybridized carbons (Fsp3) is 0.312. The van der Waals surface area contributed by atoms with E-state index in [-0.39, 0.29) is 6.61 Å². The van der Waals surface area contributed by atoms with Gasteiger partial charge in [0.25, 0.3) is 0 Å². The maximum Gasteiger partial charge on any atom is 0.342 e. The Bertz CT molecular complexity index is 644. The summed E-state index contributed by atoms with van der Waals surface area (Å²) in [5.41, 5.74) is 6.43. The van der Waals surface area contributed by atoms with Gasteiger partial charge >= 0.3 is 5.97 Å². The van der Waals surface area contributed by atoms with Gasteiger partial charge in [-0.15, -0.1) is 0 Å². The average Bonchev–Trinajstić information content (AvgIpc) is 2.52. The molecule has 0 aliphatic rings. The van der Waals surface area contributed by atoms with Crippen LogP contribution in [0.4, 0.5) is 4.39 Å². The third-order valence-corrected chi connectivity index (χ3v) is 3.31. The number of nitrogens with two attached hydrogens (primary N) is 1. The van der Waals surface area contributed by atoms with Crippen LogP contribution in [0.1, 0.15) is 18.5 Å². The molecular weight excluding hydrogens is 273 g/mol. The van der Waals surface area contributed by atoms with E-state index in [1.807, 2.05) is 30.3 Å². The van der Waals surface area contributed by atoms with Gasteiger partial charge in [-0.1, -0.05) is 30.3 Å². The van der Waals surface area contributed by atoms with Crippen LogP contribution in [-0.2, 0) is 9.53 Å². The van der Waals surface area contributed by atoms with E-state index in [9.17, 15) is 9.18 Å². The van der Waals surface area contributed by atoms with Crippen molar-refractivity contribution in [2.75, 3.05) is 13.7 Å². The molecule has 5 heteroatoms. The van der Waals surface area contributed by atoms with Gasteiger partial charge in [-0.05, 0) is 23.8 Å². The number of ether oxygens (including phenoxy) is 2. The third-order valence-electron chi connectivity index (χ3n) is 3.31. The van der Waals surface area contributed by atoms with Gasteiger partial charge in [0.15, 0.2) is 0 Å². The molecule has 0 fully saturated rings. The molecule has 0 radical (unpaired) electrons. The first-order valence-electron chi connectivity index (χ1n) is 6.72. The molecule has 4 nitrogen and oxygen atoms in total. The average molecular weight is 291 g/mol. The largest absolute Gasteiger partial charge is 0.496 e. The SMILES string of the molecule is CCOC(=O)C(F)[C@@H](N)c1c(OC)ccc2ccccc12. The molecule has 0 saturated carbocycles. The summed E-state index contributed by atoms with van der Waals surface area (Å²) in [7, 11) is 1.48. The van der Waals surface area contributed by atoms with Crippen LogP contribution >= 0.6 is 0 Å². The Labute approximate surface area is 122 Å². The van der Waals surface area contributed by atoms with E-state index in [1.165, 1.54) is 7.11 Å². The van der Waals surface area contributed by atoms with E-state index in [0.717, 1.165) is 10.8 Å². The van der Waals surface area contributed by atoms with Crippen LogP contribution in [0.2, 0.25) is 0 Å². The van der Waals surface area contributed by atoms with E-state index in [2.05, 4.69) is 0 Å². The molecule has 0 saturated heterocycles. The van der Waals surface area contributed by atoms with Crippen molar-refractivity contribution in [3.63, 3.8) is 0 Å². The van der Waals surface area contributed by atoms with Gasteiger partial charge in [0.1, 0.15) is 5.75 Å². The van der Waals surface area contributed by atoms with E-state index >= 15 is 0 Å². The number of halogens is 1. The number of hydrogen-bond donors (Lipinski definition) is 1. The quantitative estimate of drug-likeness (QED) is 0.860. The van der Waals surface area contributed by atoms with Gasteiger partial charge in [0, 0.05) is 5.56 Å². The van der Waals surface area contributed by atoms with Crippen LogP contribution < -0.4 is 10.5 Å². The van der Waals surface area contributed by atoms with Crippen molar-refractivity contribution >= 4 is 16.7 Å². The maximum atomic E-state index is 14.3. The highest BCUT2D eigenvalue weighted by Gasteiger charge is 2.31. The van der Waals surface area contributed by atoms with Crippen molar-refractivity contribution < 1.29 is 18.7 Å². The Hall–Kier alpha value is -2.14. The van der Waals surface area contributed by atoms with Gasteiger partial charge in [0.05, 0.1) is 19.8 Å². The van der Waals surface area contributed by atoms with Gasteiger partial charge in [-0.2, -0.15) is 0 Å². The molecule has 0 spiro atoms. The van der Waals surface area contributed by atoms with E-state index < -0.39 is 18.2 Å². The molecule has 0 amide bonds. The van der Waals surface area contributed by atoms with Crippen LogP contribution in [0.15, 0.2) is 36.4 Å². The minimum Gasteiger partial charge on any atom is -0.496 e. The number of alkyl halides is 1. The van der Waals surface area contributed by atoms with Crippen molar-refractivity contribution in [3.8, 4) is 5.75 Å². The van der Waals surface area contributed by atoms with E-state index in [0.29, 0.717) is 11.3 Å². The van der Waals surface area contributed by atoms with E-state index in [1.54, 1.807) is 13.0 Å². The maximum absolute atomic E-state index is 14.3. The summed E-state index contributed by atoms with van der Waals surface area (Å²) in [5.74, 6) is -0.506. The van der Waals surface area contributed by atoms with Crippen LogP contribution in [0, 0.1) is 0 Å². The highest BCUT2D eigenvalue weighted by molar-refractivity contribution is 5.89. The second-order valence-corrected chi connectivity index (χ2v) is 4.58. The first-order chi connectivity index (χ1) is 10.1. The molecule has 0 aliphatic heterocycles. The molecule has 2 N–H and O–H groups in total. The normalized spacial score (nSPS) is 13.7. The number of hydrogen-bond acceptors (Lipinski definition) is 4. The topological polar surface area (TPSA) is 61.5 Å². The highest BCUT2D eigenvalue weighted by atomic mass is 19.1. The second kappa shape index (κ2) is 6.54. The fourth-order valence-electron chi connectivity index (χ4n) is 2.31. The zero-order chi connectivity index (χ0) is 15.4. The lowest BCUT2D eigenvalue weighted by Gasteiger charge is -2.20. The minimum absolute atomic E-state index is 0.110. The summed E-state index contributed by atoms with van der Waals surface area (Å²) in [5, 5.41) is 1.66. The molecule has 0 heterocycles. The highest BCUT2D eigenvalue weighted by Crippen LogP contribution is 2.34. The molecule has 2 atom stereocenters. The lowest BCUT2D eigenvalue weighted by molar-refractivity contribution is -0.149. The van der Waals surface area contributed by atoms with Crippen LogP contribution in [-0.4, -0.2) is 25.9 Å². The van der Waals surface area contributed by atoms with Gasteiger partial charge < -0.3 is 15.2 Å². The van der Waals surface area contributed by atoms with Gasteiger partial charge in [-0.25, -0.2) is 9.18 Å². The van der Waals surface area contributed by atoms with Crippen molar-refractivity contribution in [1.82, 2.24) is 0 Å². The lowest BCUT2D eigenvalue weighted by atomic mass is 9.95. The summed E-state index contributed by atoms with van der Waals surface area (Å²) < 4.78 is 24.2. The van der Waals surface area contributed by atoms with Gasteiger partial charge in [0.2, 0.25) is 6.17 Å². The predicted octanol–water partition coefficient (Wildman–Crippen LogP) is 2.75. The Kier molecular flexibility index (Phi) is 4.75. The molecule has 112 valence electrons. The van der Waals surface area contributed by atoms with Crippen LogP contribution in [0.5, 0.6) is 5.75 Å². The van der Waals surface area contributed by atoms with Crippen molar-refractivity contribution in [1.29, 1.82) is 0 Å². The predicted molar refractivity (Wildman–Crippen MR) is 79.0 cm³/mol. The van der Waals surface area contributed by atoms with Crippen LogP contribution in [0.25, 0.3) is 10.8 Å². The molecule has 1 unspecified atom stereocenters. The zero-order valence-electron chi connectivity index (χ0n) is 12.0. The Morgan fingerprint density at radius 2 is 2.00 bits per heavy atom. The molecule has 0 aliphatic carbocycles. The summed E-state index contributed by atoms with van der Waals surface area (Å²) in [4.78, 5) is 11.6. The number of carbonyl (C=O) groups excluding carboxylic acids is 1. The Morgan fingerprint density at radius 1 is 1.29 bits per heavy atom. The molecule has 2 aromatic rings. The third kappa shape index (κ3) is 2.97. The standard InChI is InChI=1S/C16H18FNO3/c1-3-21-16(19)14(17)15(18)13-11-7-5-4-6-10(11)8-9-12(13)20-2/h4-9,14-15H,3,18H2,1-2H3/t14?,15-/m0/s1. The number of fused-ring (bicyclic) bond motifs is 1. The monoisotopic (exact) mass is 291 g/mol. The molecule has 0 bridgehead atoms. The Morgan fingerprint density at radius 3 is 2.67 bits per heavy atom. The minimum atomic E-state index is -1.94. The summed E-state index contributed by atoms with van der Waals surface area (Å²) >= 11 is 0. The molecule has 0 aromatic heterocycles. The van der Waals surface area contributed by atoms with Crippen molar-refractivity contribution in [2.24, 2.45) is 5.73 Å². The lowest BCUT2D eigenvalue weighted by Crippen LogP contribution is -2.32. The number of carbonyl (C=O) groups is 1. The number of esters is 1. The molecule has 2 aromatic carbocycles. The first kappa shape index (κ1) is 15.3. The molecular formula is C16H18FNO3. The number of rotatable bonds is 5. The van der Waals surface area contributed by atoms with E-state index in [4.69, 9.17) is 15.2 Å². The Balaban J connectivity index is 2.50. The number of methoxy groups -OCH3 is 1. The zero-order valence-corrected chi connectivity index (χ0v) is 12.0. The number of benzene rings is 2. The van der Waals surface area contributed by atoms with Gasteiger partial charge in [-0.3, -0.25) is 0 Å². The van der Waals surface area contributed by atoms with Crippen LogP contribution in [0.3, 0.4) is 0 Å². The van der Waals surface area contributed by atoms with Crippen molar-refractivity contribution in [3.05, 3.63) is 42.0 Å². The summed E-state index contributed by atoms with van der Waals surface area (Å²) in [6, 6.07) is 9.85. The fourth-order valence-corrected chi connectivity index (χ4v) is 2.31. The van der Waals surface area contributed by atoms with Crippen molar-refractivity contribution in [2.45, 2.75) is 19.1 Å². The summed E-state index contributed by atoms with van der Waals surface area (Å²) in [6.07, 6.45) is -1.94. The second-order valence-electron chi connectivity index (χ2n) is 4.58. The first-order valence-corrected chi connectivity index (χ1v) is 6.72. The molecule has 2 rings (SSSR count). The molecule has 21 heavy (non-hydrogen) atoms. The smallest absolute Gasteiger partial charge is 0.342 e. The summed E-state index contributed by atoms with van der Waals surface area (Å²) in [6.45, 7) is 1.73.